The number of halogens is 2. The zero-order valence-electron chi connectivity index (χ0n) is 22.1. The first kappa shape index (κ1) is 28.8. The lowest BCUT2D eigenvalue weighted by Gasteiger charge is -2.22. The van der Waals surface area contributed by atoms with Crippen LogP contribution in [-0.2, 0) is 15.3 Å². The van der Waals surface area contributed by atoms with E-state index in [4.69, 9.17) is 16.3 Å². The molecule has 41 heavy (non-hydrogen) atoms. The second kappa shape index (κ2) is 12.4. The summed E-state index contributed by atoms with van der Waals surface area (Å²) in [6.07, 6.45) is 0.836. The van der Waals surface area contributed by atoms with Crippen LogP contribution in [0.5, 0.6) is 5.75 Å². The van der Waals surface area contributed by atoms with Crippen molar-refractivity contribution in [2.24, 2.45) is 0 Å². The molecular weight excluding hydrogens is 585 g/mol. The highest BCUT2D eigenvalue weighted by Crippen LogP contribution is 2.44. The van der Waals surface area contributed by atoms with Crippen LogP contribution >= 0.6 is 34.7 Å². The van der Waals surface area contributed by atoms with E-state index in [-0.39, 0.29) is 16.3 Å². The van der Waals surface area contributed by atoms with Gasteiger partial charge in [-0.1, -0.05) is 84.1 Å². The maximum absolute atomic E-state index is 14.4. The van der Waals surface area contributed by atoms with E-state index >= 15 is 0 Å². The highest BCUT2D eigenvalue weighted by molar-refractivity contribution is 8.00. The van der Waals surface area contributed by atoms with E-state index in [1.165, 1.54) is 28.8 Å². The van der Waals surface area contributed by atoms with Gasteiger partial charge in [-0.3, -0.25) is 14.5 Å². The van der Waals surface area contributed by atoms with Gasteiger partial charge in [-0.2, -0.15) is 0 Å². The highest BCUT2D eigenvalue weighted by atomic mass is 35.5. The molecular formula is C30H25ClFN3O4S2. The number of benzene rings is 3. The third-order valence-electron chi connectivity index (χ3n) is 6.47. The largest absolute Gasteiger partial charge is 0.507 e. The van der Waals surface area contributed by atoms with E-state index in [0.717, 1.165) is 29.4 Å². The molecule has 1 saturated heterocycles. The Labute approximate surface area is 249 Å². The van der Waals surface area contributed by atoms with Crippen molar-refractivity contribution in [2.45, 2.75) is 36.4 Å². The summed E-state index contributed by atoms with van der Waals surface area (Å²) < 4.78 is 20.7. The number of aromatic nitrogens is 2. The van der Waals surface area contributed by atoms with E-state index in [9.17, 15) is 19.1 Å². The van der Waals surface area contributed by atoms with E-state index in [1.807, 2.05) is 25.1 Å². The first-order valence-electron chi connectivity index (χ1n) is 12.8. The van der Waals surface area contributed by atoms with E-state index < -0.39 is 29.3 Å². The van der Waals surface area contributed by atoms with Crippen molar-refractivity contribution in [3.8, 4) is 5.75 Å². The maximum Gasteiger partial charge on any atom is 0.301 e. The zero-order chi connectivity index (χ0) is 29.1. The third kappa shape index (κ3) is 6.00. The quantitative estimate of drug-likeness (QED) is 0.0697. The number of carbonyl (C=O) groups excluding carboxylic acids is 2. The summed E-state index contributed by atoms with van der Waals surface area (Å²) in [6.45, 7) is 4.13. The molecule has 0 radical (unpaired) electrons. The smallest absolute Gasteiger partial charge is 0.301 e. The van der Waals surface area contributed by atoms with Crippen LogP contribution < -0.4 is 9.64 Å². The first-order chi connectivity index (χ1) is 19.8. The Morgan fingerprint density at radius 3 is 2.59 bits per heavy atom. The number of hydrogen-bond acceptors (Lipinski definition) is 8. The average Bonchev–Trinajstić information content (AvgIpc) is 3.54. The Hall–Kier alpha value is -3.73. The second-order valence-corrected chi connectivity index (χ2v) is 11.9. The molecule has 210 valence electrons. The average molecular weight is 610 g/mol. The number of hydrogen-bond donors (Lipinski definition) is 1. The van der Waals surface area contributed by atoms with Gasteiger partial charge in [-0.15, -0.1) is 10.2 Å². The first-order valence-corrected chi connectivity index (χ1v) is 15.0. The fourth-order valence-corrected chi connectivity index (χ4v) is 6.47. The summed E-state index contributed by atoms with van der Waals surface area (Å²) in [5, 5.41) is 20.5. The number of ketones is 1. The van der Waals surface area contributed by atoms with E-state index in [1.54, 1.807) is 37.3 Å². The van der Waals surface area contributed by atoms with Gasteiger partial charge in [-0.25, -0.2) is 4.39 Å². The molecule has 5 rings (SSSR count). The fraction of sp³-hybridized carbons (Fsp3) is 0.200. The Morgan fingerprint density at radius 1 is 1.12 bits per heavy atom. The molecule has 1 aliphatic heterocycles. The minimum atomic E-state index is -1.02. The Kier molecular flexibility index (Phi) is 8.72. The Balaban J connectivity index is 1.54. The summed E-state index contributed by atoms with van der Waals surface area (Å²) in [5.41, 5.74) is 1.78. The zero-order valence-corrected chi connectivity index (χ0v) is 24.5. The molecule has 7 nitrogen and oxygen atoms in total. The number of rotatable bonds is 9. The molecule has 0 unspecified atom stereocenters. The van der Waals surface area contributed by atoms with Crippen molar-refractivity contribution in [3.05, 3.63) is 105 Å². The third-order valence-corrected chi connectivity index (χ3v) is 8.94. The lowest BCUT2D eigenvalue weighted by molar-refractivity contribution is -0.132. The monoisotopic (exact) mass is 609 g/mol. The van der Waals surface area contributed by atoms with Crippen molar-refractivity contribution in [1.29, 1.82) is 0 Å². The van der Waals surface area contributed by atoms with Crippen LogP contribution in [0.3, 0.4) is 0 Å². The predicted molar refractivity (Wildman–Crippen MR) is 159 cm³/mol. The molecule has 0 bridgehead atoms. The molecule has 4 aromatic rings. The topological polar surface area (TPSA) is 92.6 Å². The van der Waals surface area contributed by atoms with Crippen LogP contribution in [0.15, 0.2) is 76.6 Å². The van der Waals surface area contributed by atoms with Gasteiger partial charge in [0.1, 0.15) is 17.3 Å². The number of aliphatic hydroxyl groups is 1. The van der Waals surface area contributed by atoms with Gasteiger partial charge < -0.3 is 9.84 Å². The van der Waals surface area contributed by atoms with Crippen LogP contribution in [0, 0.1) is 12.7 Å². The van der Waals surface area contributed by atoms with Crippen LogP contribution in [0.25, 0.3) is 5.76 Å². The molecule has 0 aliphatic carbocycles. The molecule has 1 N–H and O–H groups in total. The number of amides is 1. The van der Waals surface area contributed by atoms with Gasteiger partial charge >= 0.3 is 5.91 Å². The SMILES string of the molecule is CCCOc1ccc([C@@H]2C(=C(O)c3ccc(C)c(F)c3)C(=O)C(=O)N2c2nnc(SCc3ccccc3Cl)s2)cc1. The number of ether oxygens (including phenoxy) is 1. The van der Waals surface area contributed by atoms with Crippen LogP contribution in [0.4, 0.5) is 9.52 Å². The molecule has 0 saturated carbocycles. The van der Waals surface area contributed by atoms with Crippen LogP contribution in [0.1, 0.15) is 41.6 Å². The van der Waals surface area contributed by atoms with Crippen LogP contribution in [-0.4, -0.2) is 33.6 Å². The molecule has 1 fully saturated rings. The second-order valence-electron chi connectivity index (χ2n) is 9.28. The minimum Gasteiger partial charge on any atom is -0.507 e. The number of thioether (sulfide) groups is 1. The number of nitrogens with zero attached hydrogens (tertiary/aromatic N) is 3. The Bertz CT molecular complexity index is 1640. The highest BCUT2D eigenvalue weighted by Gasteiger charge is 2.48. The molecule has 0 spiro atoms. The number of anilines is 1. The standard InChI is InChI=1S/C30H25ClFN3O4S2/c1-3-14-39-21-12-10-18(11-13-21)25-24(26(36)19-9-8-17(2)23(32)15-19)27(37)28(38)35(25)29-33-34-30(41-29)40-16-20-6-4-5-7-22(20)31/h4-13,15,25,36H,3,14,16H2,1-2H3/t25-/m1/s1. The summed E-state index contributed by atoms with van der Waals surface area (Å²) in [6, 6.07) is 17.5. The van der Waals surface area contributed by atoms with Gasteiger partial charge in [0, 0.05) is 16.3 Å². The number of aryl methyl sites for hydroxylation is 1. The number of aliphatic hydroxyl groups excluding tert-OH is 1. The molecule has 1 atom stereocenters. The van der Waals surface area contributed by atoms with Gasteiger partial charge in [-0.05, 0) is 54.3 Å². The molecule has 1 amide bonds. The lowest BCUT2D eigenvalue weighted by atomic mass is 9.95. The van der Waals surface area contributed by atoms with Crippen molar-refractivity contribution >= 4 is 57.3 Å². The summed E-state index contributed by atoms with van der Waals surface area (Å²) >= 11 is 8.83. The normalized spacial score (nSPS) is 16.4. The number of Topliss-reactive ketones (excluding diaryl/α,β-unsaturated/α-hetero) is 1. The fourth-order valence-electron chi connectivity index (χ4n) is 4.32. The minimum absolute atomic E-state index is 0.0900. The predicted octanol–water partition coefficient (Wildman–Crippen LogP) is 7.35. The van der Waals surface area contributed by atoms with Gasteiger partial charge in [0.2, 0.25) is 5.13 Å². The molecule has 2 heterocycles. The van der Waals surface area contributed by atoms with Crippen molar-refractivity contribution in [3.63, 3.8) is 0 Å². The summed E-state index contributed by atoms with van der Waals surface area (Å²) in [5.74, 6) is -1.62. The van der Waals surface area contributed by atoms with Crippen molar-refractivity contribution in [2.75, 3.05) is 11.5 Å². The van der Waals surface area contributed by atoms with Crippen molar-refractivity contribution in [1.82, 2.24) is 10.2 Å². The van der Waals surface area contributed by atoms with Crippen LogP contribution in [0.2, 0.25) is 5.02 Å². The van der Waals surface area contributed by atoms with E-state index in [2.05, 4.69) is 10.2 Å². The lowest BCUT2D eigenvalue weighted by Crippen LogP contribution is -2.29. The molecule has 11 heteroatoms. The van der Waals surface area contributed by atoms with E-state index in [0.29, 0.717) is 38.6 Å². The molecule has 1 aromatic heterocycles. The summed E-state index contributed by atoms with van der Waals surface area (Å²) in [4.78, 5) is 28.1. The molecule has 1 aliphatic rings. The Morgan fingerprint density at radius 2 is 1.88 bits per heavy atom. The maximum atomic E-state index is 14.4. The van der Waals surface area contributed by atoms with Crippen molar-refractivity contribution < 1.29 is 23.8 Å². The van der Waals surface area contributed by atoms with Gasteiger partial charge in [0.05, 0.1) is 18.2 Å². The van der Waals surface area contributed by atoms with Gasteiger partial charge in [0.25, 0.3) is 5.78 Å². The number of carbonyl (C=O) groups is 2. The molecule has 3 aromatic carbocycles. The van der Waals surface area contributed by atoms with Gasteiger partial charge in [0.15, 0.2) is 4.34 Å². The summed E-state index contributed by atoms with van der Waals surface area (Å²) in [7, 11) is 0.